The van der Waals surface area contributed by atoms with E-state index in [9.17, 15) is 11.7 Å². The van der Waals surface area contributed by atoms with Gasteiger partial charge in [0, 0.05) is 13.1 Å². The van der Waals surface area contributed by atoms with Crippen molar-refractivity contribution in [1.82, 2.24) is 9.84 Å². The van der Waals surface area contributed by atoms with Gasteiger partial charge in [-0.25, -0.2) is 5.01 Å². The van der Waals surface area contributed by atoms with E-state index in [-0.39, 0.29) is 0 Å². The summed E-state index contributed by atoms with van der Waals surface area (Å²) >= 11 is -5.07. The third kappa shape index (κ3) is 4.89. The lowest BCUT2D eigenvalue weighted by atomic mass is 10.6. The van der Waals surface area contributed by atoms with Gasteiger partial charge in [-0.05, 0) is 0 Å². The van der Waals surface area contributed by atoms with Gasteiger partial charge in [-0.3, -0.25) is 0 Å². The average molecular weight is 176 g/mol. The van der Waals surface area contributed by atoms with Crippen LogP contribution in [0.25, 0.3) is 0 Å². The van der Waals surface area contributed by atoms with Gasteiger partial charge in [0.1, 0.15) is 0 Å². The SMILES string of the molecule is CCN(CC)NS(F)(F)F. The Morgan fingerprint density at radius 3 is 1.70 bits per heavy atom. The second-order valence-electron chi connectivity index (χ2n) is 1.67. The van der Waals surface area contributed by atoms with Gasteiger partial charge < -0.3 is 0 Å². The predicted octanol–water partition coefficient (Wildman–Crippen LogP) is 2.21. The first-order valence-corrected chi connectivity index (χ1v) is 4.27. The van der Waals surface area contributed by atoms with E-state index in [2.05, 4.69) is 0 Å². The molecule has 64 valence electrons. The molecule has 0 saturated carbocycles. The summed E-state index contributed by atoms with van der Waals surface area (Å²) in [5.41, 5.74) is 0. The molecule has 0 amide bonds. The van der Waals surface area contributed by atoms with Crippen molar-refractivity contribution < 1.29 is 11.7 Å². The smallest absolute Gasteiger partial charge is 0.231 e. The Bertz CT molecular complexity index is 91.0. The molecule has 0 aliphatic carbocycles. The van der Waals surface area contributed by atoms with Crippen LogP contribution in [0.3, 0.4) is 0 Å². The average Bonchev–Trinajstić information content (AvgIpc) is 1.81. The van der Waals surface area contributed by atoms with Crippen LogP contribution in [-0.4, -0.2) is 18.1 Å². The van der Waals surface area contributed by atoms with E-state index in [1.165, 1.54) is 4.83 Å². The van der Waals surface area contributed by atoms with Crippen LogP contribution in [0.2, 0.25) is 0 Å². The number of halogens is 3. The lowest BCUT2D eigenvalue weighted by molar-refractivity contribution is 0.259. The zero-order valence-corrected chi connectivity index (χ0v) is 6.72. The summed E-state index contributed by atoms with van der Waals surface area (Å²) in [5.74, 6) is 0. The van der Waals surface area contributed by atoms with Gasteiger partial charge in [-0.1, -0.05) is 13.8 Å². The predicted molar refractivity (Wildman–Crippen MR) is 37.0 cm³/mol. The largest absolute Gasteiger partial charge is 0.288 e. The Kier molecular flexibility index (Phi) is 4.07. The van der Waals surface area contributed by atoms with Crippen molar-refractivity contribution in [2.75, 3.05) is 13.1 Å². The minimum absolute atomic E-state index is 0.364. The molecule has 0 heterocycles. The molecule has 0 rings (SSSR count). The molecule has 0 aliphatic rings. The first-order valence-electron chi connectivity index (χ1n) is 2.94. The molecular weight excluding hydrogens is 165 g/mol. The molecule has 6 heteroatoms. The highest BCUT2D eigenvalue weighted by molar-refractivity contribution is 8.19. The van der Waals surface area contributed by atoms with Gasteiger partial charge in [0.15, 0.2) is 0 Å². The number of nitrogens with zero attached hydrogens (tertiary/aromatic N) is 1. The van der Waals surface area contributed by atoms with Gasteiger partial charge in [0.2, 0.25) is 0 Å². The summed E-state index contributed by atoms with van der Waals surface area (Å²) < 4.78 is 34.8. The molecule has 0 radical (unpaired) electrons. The molecule has 0 aromatic carbocycles. The van der Waals surface area contributed by atoms with Gasteiger partial charge >= 0.3 is 0 Å². The standard InChI is InChI=1S/C4H11F3N2S/c1-3-9(4-2)8-10(5,6)7/h8H,3-4H2,1-2H3. The highest BCUT2D eigenvalue weighted by Crippen LogP contribution is 2.48. The van der Waals surface area contributed by atoms with Gasteiger partial charge in [-0.15, -0.1) is 16.5 Å². The van der Waals surface area contributed by atoms with Crippen molar-refractivity contribution in [2.45, 2.75) is 13.8 Å². The Morgan fingerprint density at radius 1 is 1.20 bits per heavy atom. The highest BCUT2D eigenvalue weighted by Gasteiger charge is 2.22. The third-order valence-electron chi connectivity index (χ3n) is 0.996. The van der Waals surface area contributed by atoms with E-state index in [0.717, 1.165) is 5.01 Å². The third-order valence-corrected chi connectivity index (χ3v) is 1.46. The maximum atomic E-state index is 11.6. The maximum absolute atomic E-state index is 11.6. The van der Waals surface area contributed by atoms with E-state index in [4.69, 9.17) is 0 Å². The first-order chi connectivity index (χ1) is 4.49. The van der Waals surface area contributed by atoms with Crippen molar-refractivity contribution in [3.8, 4) is 0 Å². The van der Waals surface area contributed by atoms with Crippen molar-refractivity contribution in [1.29, 1.82) is 0 Å². The zero-order valence-electron chi connectivity index (χ0n) is 5.90. The molecule has 0 unspecified atom stereocenters. The van der Waals surface area contributed by atoms with E-state index >= 15 is 0 Å². The number of rotatable bonds is 4. The normalized spacial score (nSPS) is 14.2. The molecule has 0 bridgehead atoms. The fourth-order valence-electron chi connectivity index (χ4n) is 0.499. The highest BCUT2D eigenvalue weighted by atomic mass is 32.3. The quantitative estimate of drug-likeness (QED) is 0.660. The minimum Gasteiger partial charge on any atom is -0.231 e. The Hall–Kier alpha value is 0.0600. The Morgan fingerprint density at radius 2 is 1.60 bits per heavy atom. The van der Waals surface area contributed by atoms with Crippen LogP contribution in [-0.2, 0) is 0 Å². The van der Waals surface area contributed by atoms with E-state index in [0.29, 0.717) is 13.1 Å². The number of hydrazine groups is 1. The molecule has 0 fully saturated rings. The Balaban J connectivity index is 3.63. The number of nitrogens with one attached hydrogen (secondary N) is 1. The summed E-state index contributed by atoms with van der Waals surface area (Å²) in [6.45, 7) is 4.06. The fraction of sp³-hybridized carbons (Fsp3) is 1.00. The maximum Gasteiger partial charge on any atom is 0.288 e. The van der Waals surface area contributed by atoms with Crippen molar-refractivity contribution in [2.24, 2.45) is 0 Å². The monoisotopic (exact) mass is 176 g/mol. The zero-order chi connectivity index (χ0) is 8.20. The van der Waals surface area contributed by atoms with E-state index in [1.54, 1.807) is 13.8 Å². The van der Waals surface area contributed by atoms with Crippen molar-refractivity contribution in [3.63, 3.8) is 0 Å². The van der Waals surface area contributed by atoms with Crippen LogP contribution in [0.1, 0.15) is 13.8 Å². The molecule has 0 aromatic rings. The first kappa shape index (κ1) is 10.1. The van der Waals surface area contributed by atoms with Crippen LogP contribution in [0.5, 0.6) is 0 Å². The summed E-state index contributed by atoms with van der Waals surface area (Å²) in [7, 11) is 0. The van der Waals surface area contributed by atoms with Crippen LogP contribution in [0, 0.1) is 0 Å². The fourth-order valence-corrected chi connectivity index (χ4v) is 1.05. The molecule has 0 aliphatic heterocycles. The molecule has 0 aromatic heterocycles. The Labute approximate surface area is 60.7 Å². The van der Waals surface area contributed by atoms with E-state index in [1.807, 2.05) is 0 Å². The topological polar surface area (TPSA) is 15.3 Å². The van der Waals surface area contributed by atoms with Crippen LogP contribution in [0.4, 0.5) is 11.7 Å². The number of hydrogen-bond acceptors (Lipinski definition) is 2. The van der Waals surface area contributed by atoms with Crippen LogP contribution < -0.4 is 4.83 Å². The lowest BCUT2D eigenvalue weighted by Gasteiger charge is -2.22. The second-order valence-corrected chi connectivity index (χ2v) is 2.67. The summed E-state index contributed by atoms with van der Waals surface area (Å²) in [5, 5.41) is 1.12. The van der Waals surface area contributed by atoms with Crippen LogP contribution in [0.15, 0.2) is 0 Å². The van der Waals surface area contributed by atoms with Gasteiger partial charge in [-0.2, -0.15) is 0 Å². The summed E-state index contributed by atoms with van der Waals surface area (Å²) in [6.07, 6.45) is 0. The molecule has 2 nitrogen and oxygen atoms in total. The molecular formula is C4H11F3N2S. The van der Waals surface area contributed by atoms with Gasteiger partial charge in [0.05, 0.1) is 0 Å². The van der Waals surface area contributed by atoms with Gasteiger partial charge in [0.25, 0.3) is 11.4 Å². The summed E-state index contributed by atoms with van der Waals surface area (Å²) in [4.78, 5) is 1.47. The molecule has 0 saturated heterocycles. The number of hydrogen-bond donors (Lipinski definition) is 1. The molecule has 0 atom stereocenters. The van der Waals surface area contributed by atoms with E-state index < -0.39 is 11.4 Å². The van der Waals surface area contributed by atoms with Crippen molar-refractivity contribution in [3.05, 3.63) is 0 Å². The second kappa shape index (κ2) is 4.05. The minimum atomic E-state index is -5.07. The van der Waals surface area contributed by atoms with Crippen LogP contribution >= 0.6 is 11.4 Å². The lowest BCUT2D eigenvalue weighted by Crippen LogP contribution is -2.35. The molecule has 10 heavy (non-hydrogen) atoms. The molecule has 0 spiro atoms. The van der Waals surface area contributed by atoms with Crippen molar-refractivity contribution >= 4 is 11.4 Å². The molecule has 1 N–H and O–H groups in total. The summed E-state index contributed by atoms with van der Waals surface area (Å²) in [6, 6.07) is 0.